The number of hydrogen-bond acceptors (Lipinski definition) is 4. The molecule has 3 aliphatic rings. The zero-order valence-electron chi connectivity index (χ0n) is 15.1. The number of para-hydroxylation sites is 1. The van der Waals surface area contributed by atoms with Crippen molar-refractivity contribution < 1.29 is 14.3 Å². The van der Waals surface area contributed by atoms with Crippen LogP contribution >= 0.6 is 0 Å². The molecule has 2 saturated heterocycles. The predicted octanol–water partition coefficient (Wildman–Crippen LogP) is 2.82. The van der Waals surface area contributed by atoms with Crippen molar-refractivity contribution >= 4 is 5.91 Å². The highest BCUT2D eigenvalue weighted by atomic mass is 16.6. The lowest BCUT2D eigenvalue weighted by molar-refractivity contribution is -0.132. The molecule has 136 valence electrons. The molecule has 1 aromatic carbocycles. The summed E-state index contributed by atoms with van der Waals surface area (Å²) in [4.78, 5) is 17.0. The summed E-state index contributed by atoms with van der Waals surface area (Å²) in [5.41, 5.74) is 1.20. The zero-order valence-corrected chi connectivity index (χ0v) is 15.1. The first-order valence-electron chi connectivity index (χ1n) is 9.69. The minimum absolute atomic E-state index is 0.308. The Bertz CT molecular complexity index is 633. The molecular formula is C20H28N2O3. The van der Waals surface area contributed by atoms with E-state index in [0.29, 0.717) is 37.6 Å². The predicted molar refractivity (Wildman–Crippen MR) is 95.9 cm³/mol. The molecule has 1 aromatic rings. The number of likely N-dealkylation sites (tertiary alicyclic amines) is 2. The average Bonchev–Trinajstić information content (AvgIpc) is 3.30. The molecule has 0 spiro atoms. The lowest BCUT2D eigenvalue weighted by Gasteiger charge is -2.35. The van der Waals surface area contributed by atoms with E-state index in [1.54, 1.807) is 0 Å². The largest absolute Gasteiger partial charge is 0.486 e. The summed E-state index contributed by atoms with van der Waals surface area (Å²) in [6.45, 7) is 6.12. The Morgan fingerprint density at radius 3 is 2.80 bits per heavy atom. The molecule has 0 radical (unpaired) electrons. The van der Waals surface area contributed by atoms with Crippen LogP contribution in [0.3, 0.4) is 0 Å². The van der Waals surface area contributed by atoms with E-state index in [0.717, 1.165) is 44.0 Å². The zero-order chi connectivity index (χ0) is 17.2. The van der Waals surface area contributed by atoms with Crippen molar-refractivity contribution in [2.24, 2.45) is 0 Å². The number of hydrogen-bond donors (Lipinski definition) is 0. The van der Waals surface area contributed by atoms with E-state index in [4.69, 9.17) is 9.47 Å². The first-order valence-corrected chi connectivity index (χ1v) is 9.69. The molecule has 0 saturated carbocycles. The van der Waals surface area contributed by atoms with Gasteiger partial charge in [0, 0.05) is 37.2 Å². The van der Waals surface area contributed by atoms with Gasteiger partial charge in [-0.1, -0.05) is 19.1 Å². The summed E-state index contributed by atoms with van der Waals surface area (Å²) in [7, 11) is 0. The highest BCUT2D eigenvalue weighted by Crippen LogP contribution is 2.37. The van der Waals surface area contributed by atoms with Gasteiger partial charge in [-0.15, -0.1) is 0 Å². The van der Waals surface area contributed by atoms with Gasteiger partial charge in [0.1, 0.15) is 13.2 Å². The molecular weight excluding hydrogens is 316 g/mol. The van der Waals surface area contributed by atoms with Crippen LogP contribution < -0.4 is 9.47 Å². The van der Waals surface area contributed by atoms with Crippen molar-refractivity contribution in [3.05, 3.63) is 23.8 Å². The number of fused-ring (bicyclic) bond motifs is 1. The van der Waals surface area contributed by atoms with Crippen LogP contribution in [0.4, 0.5) is 0 Å². The summed E-state index contributed by atoms with van der Waals surface area (Å²) in [6, 6.07) is 7.03. The number of ether oxygens (including phenoxy) is 2. The third-order valence-electron chi connectivity index (χ3n) is 5.80. The number of benzene rings is 1. The summed E-state index contributed by atoms with van der Waals surface area (Å²) in [5, 5.41) is 0. The molecule has 5 heteroatoms. The van der Waals surface area contributed by atoms with E-state index >= 15 is 0 Å². The molecule has 0 bridgehead atoms. The van der Waals surface area contributed by atoms with Crippen LogP contribution in [0.15, 0.2) is 18.2 Å². The quantitative estimate of drug-likeness (QED) is 0.842. The van der Waals surface area contributed by atoms with Gasteiger partial charge in [-0.3, -0.25) is 9.69 Å². The van der Waals surface area contributed by atoms with E-state index in [1.807, 2.05) is 13.0 Å². The van der Waals surface area contributed by atoms with Gasteiger partial charge in [0.25, 0.3) is 0 Å². The Morgan fingerprint density at radius 2 is 1.92 bits per heavy atom. The van der Waals surface area contributed by atoms with Crippen molar-refractivity contribution in [1.82, 2.24) is 9.80 Å². The molecule has 0 aromatic heterocycles. The Morgan fingerprint density at radius 1 is 1.12 bits per heavy atom. The molecule has 5 nitrogen and oxygen atoms in total. The van der Waals surface area contributed by atoms with Crippen LogP contribution in [0, 0.1) is 0 Å². The standard InChI is InChI=1S/C20H28N2O3/c1-2-19(23)22-11-5-8-17(22)16-7-4-10-21(16)14-15-6-3-9-18-20(15)25-13-12-24-18/h3,6,9,16-17H,2,4-5,7-8,10-14H2,1H3/t16-,17+/m0/s1. The SMILES string of the molecule is CCC(=O)N1CCC[C@@H]1[C@@H]1CCCN1Cc1cccc2c1OCCO2. The van der Waals surface area contributed by atoms with E-state index in [2.05, 4.69) is 21.9 Å². The Labute approximate surface area is 149 Å². The average molecular weight is 344 g/mol. The molecule has 0 unspecified atom stereocenters. The van der Waals surface area contributed by atoms with Crippen molar-refractivity contribution in [2.45, 2.75) is 57.7 Å². The van der Waals surface area contributed by atoms with Gasteiger partial charge < -0.3 is 14.4 Å². The molecule has 3 aliphatic heterocycles. The molecule has 25 heavy (non-hydrogen) atoms. The fourth-order valence-electron chi connectivity index (χ4n) is 4.67. The van der Waals surface area contributed by atoms with E-state index in [-0.39, 0.29) is 0 Å². The topological polar surface area (TPSA) is 42.0 Å². The van der Waals surface area contributed by atoms with Gasteiger partial charge in [0.05, 0.1) is 0 Å². The van der Waals surface area contributed by atoms with Crippen molar-refractivity contribution in [2.75, 3.05) is 26.3 Å². The van der Waals surface area contributed by atoms with Gasteiger partial charge in [0.15, 0.2) is 11.5 Å². The maximum atomic E-state index is 12.3. The van der Waals surface area contributed by atoms with Crippen LogP contribution in [-0.2, 0) is 11.3 Å². The second-order valence-electron chi connectivity index (χ2n) is 7.27. The minimum Gasteiger partial charge on any atom is -0.486 e. The molecule has 2 fully saturated rings. The fourth-order valence-corrected chi connectivity index (χ4v) is 4.67. The Kier molecular flexibility index (Phi) is 4.84. The van der Waals surface area contributed by atoms with Crippen molar-refractivity contribution in [1.29, 1.82) is 0 Å². The van der Waals surface area contributed by atoms with Crippen LogP contribution in [0.5, 0.6) is 11.5 Å². The maximum absolute atomic E-state index is 12.3. The number of carbonyl (C=O) groups is 1. The van der Waals surface area contributed by atoms with E-state index in [1.165, 1.54) is 18.4 Å². The minimum atomic E-state index is 0.308. The first-order chi connectivity index (χ1) is 12.3. The van der Waals surface area contributed by atoms with Crippen molar-refractivity contribution in [3.63, 3.8) is 0 Å². The Balaban J connectivity index is 1.52. The first kappa shape index (κ1) is 16.7. The van der Waals surface area contributed by atoms with Gasteiger partial charge in [0.2, 0.25) is 5.91 Å². The third kappa shape index (κ3) is 3.22. The third-order valence-corrected chi connectivity index (χ3v) is 5.80. The fraction of sp³-hybridized carbons (Fsp3) is 0.650. The van der Waals surface area contributed by atoms with Crippen molar-refractivity contribution in [3.8, 4) is 11.5 Å². The van der Waals surface area contributed by atoms with Gasteiger partial charge >= 0.3 is 0 Å². The second-order valence-corrected chi connectivity index (χ2v) is 7.27. The maximum Gasteiger partial charge on any atom is 0.222 e. The lowest BCUT2D eigenvalue weighted by Crippen LogP contribution is -2.47. The van der Waals surface area contributed by atoms with Gasteiger partial charge in [-0.2, -0.15) is 0 Å². The molecule has 3 heterocycles. The molecule has 2 atom stereocenters. The van der Waals surface area contributed by atoms with E-state index < -0.39 is 0 Å². The summed E-state index contributed by atoms with van der Waals surface area (Å²) in [6.07, 6.45) is 5.28. The van der Waals surface area contributed by atoms with E-state index in [9.17, 15) is 4.79 Å². The Hall–Kier alpha value is -1.75. The van der Waals surface area contributed by atoms with Crippen LogP contribution in [0.1, 0.15) is 44.6 Å². The molecule has 0 aliphatic carbocycles. The smallest absolute Gasteiger partial charge is 0.222 e. The molecule has 1 amide bonds. The summed E-state index contributed by atoms with van der Waals surface area (Å²) >= 11 is 0. The van der Waals surface area contributed by atoms with Crippen LogP contribution in [0.2, 0.25) is 0 Å². The monoisotopic (exact) mass is 344 g/mol. The number of rotatable bonds is 4. The second kappa shape index (κ2) is 7.24. The van der Waals surface area contributed by atoms with Gasteiger partial charge in [-0.05, 0) is 38.3 Å². The highest BCUT2D eigenvalue weighted by Gasteiger charge is 2.39. The highest BCUT2D eigenvalue weighted by molar-refractivity contribution is 5.76. The molecule has 4 rings (SSSR count). The summed E-state index contributed by atoms with van der Waals surface area (Å²) in [5.74, 6) is 2.08. The number of nitrogens with zero attached hydrogens (tertiary/aromatic N) is 2. The van der Waals surface area contributed by atoms with Gasteiger partial charge in [-0.25, -0.2) is 0 Å². The molecule has 0 N–H and O–H groups in total. The lowest BCUT2D eigenvalue weighted by atomic mass is 10.0. The number of carbonyl (C=O) groups excluding carboxylic acids is 1. The van der Waals surface area contributed by atoms with Crippen LogP contribution in [0.25, 0.3) is 0 Å². The van der Waals surface area contributed by atoms with Crippen LogP contribution in [-0.4, -0.2) is 54.1 Å². The summed E-state index contributed by atoms with van der Waals surface area (Å²) < 4.78 is 11.6. The normalized spacial score (nSPS) is 26.2. The number of amides is 1.